The fraction of sp³-hybridized carbons (Fsp3) is 0.176. The third-order valence-electron chi connectivity index (χ3n) is 3.23. The third-order valence-corrected chi connectivity index (χ3v) is 3.46. The van der Waals surface area contributed by atoms with Gasteiger partial charge in [-0.1, -0.05) is 42.8 Å². The SMILES string of the molecule is CCCOc1c2ccccc2cc2cc(Cl)ccc12. The van der Waals surface area contributed by atoms with Gasteiger partial charge in [0, 0.05) is 15.8 Å². The summed E-state index contributed by atoms with van der Waals surface area (Å²) in [6, 6.07) is 16.4. The molecule has 3 aromatic carbocycles. The van der Waals surface area contributed by atoms with Crippen molar-refractivity contribution in [3.05, 3.63) is 53.6 Å². The normalized spacial score (nSPS) is 11.1. The third kappa shape index (κ3) is 2.26. The molecule has 3 rings (SSSR count). The molecule has 0 bridgehead atoms. The van der Waals surface area contributed by atoms with Crippen LogP contribution in [0.2, 0.25) is 5.02 Å². The van der Waals surface area contributed by atoms with Gasteiger partial charge in [-0.05, 0) is 41.5 Å². The van der Waals surface area contributed by atoms with Crippen LogP contribution in [0.3, 0.4) is 0 Å². The minimum Gasteiger partial charge on any atom is -0.492 e. The monoisotopic (exact) mass is 270 g/mol. The van der Waals surface area contributed by atoms with Gasteiger partial charge >= 0.3 is 0 Å². The van der Waals surface area contributed by atoms with E-state index in [4.69, 9.17) is 16.3 Å². The molecular weight excluding hydrogens is 256 g/mol. The Kier molecular flexibility index (Phi) is 3.31. The second kappa shape index (κ2) is 5.10. The molecule has 1 nitrogen and oxygen atoms in total. The summed E-state index contributed by atoms with van der Waals surface area (Å²) in [5.41, 5.74) is 0. The fourth-order valence-electron chi connectivity index (χ4n) is 2.36. The van der Waals surface area contributed by atoms with Gasteiger partial charge in [0.1, 0.15) is 5.75 Å². The molecule has 0 saturated heterocycles. The molecule has 0 atom stereocenters. The first-order valence-electron chi connectivity index (χ1n) is 6.53. The Balaban J connectivity index is 2.35. The van der Waals surface area contributed by atoms with Crippen LogP contribution >= 0.6 is 11.6 Å². The Morgan fingerprint density at radius 3 is 2.58 bits per heavy atom. The summed E-state index contributed by atoms with van der Waals surface area (Å²) in [7, 11) is 0. The maximum Gasteiger partial charge on any atom is 0.134 e. The second-order valence-corrected chi connectivity index (χ2v) is 5.08. The Labute approximate surface area is 117 Å². The van der Waals surface area contributed by atoms with E-state index in [2.05, 4.69) is 25.1 Å². The lowest BCUT2D eigenvalue weighted by Gasteiger charge is -2.12. The van der Waals surface area contributed by atoms with Gasteiger partial charge in [-0.3, -0.25) is 0 Å². The van der Waals surface area contributed by atoms with E-state index in [9.17, 15) is 0 Å². The largest absolute Gasteiger partial charge is 0.492 e. The first kappa shape index (κ1) is 12.3. The first-order valence-corrected chi connectivity index (χ1v) is 6.91. The van der Waals surface area contributed by atoms with E-state index in [0.29, 0.717) is 0 Å². The second-order valence-electron chi connectivity index (χ2n) is 4.64. The summed E-state index contributed by atoms with van der Waals surface area (Å²) < 4.78 is 5.98. The molecule has 0 aliphatic heterocycles. The van der Waals surface area contributed by atoms with Crippen LogP contribution < -0.4 is 4.74 Å². The topological polar surface area (TPSA) is 9.23 Å². The highest BCUT2D eigenvalue weighted by atomic mass is 35.5. The Morgan fingerprint density at radius 2 is 1.74 bits per heavy atom. The van der Waals surface area contributed by atoms with Crippen LogP contribution in [0.1, 0.15) is 13.3 Å². The molecule has 0 amide bonds. The molecule has 0 saturated carbocycles. The van der Waals surface area contributed by atoms with Crippen molar-refractivity contribution in [2.24, 2.45) is 0 Å². The van der Waals surface area contributed by atoms with Crippen LogP contribution in [-0.2, 0) is 0 Å². The summed E-state index contributed by atoms with van der Waals surface area (Å²) in [4.78, 5) is 0. The molecule has 0 spiro atoms. The molecular formula is C17H15ClO. The van der Waals surface area contributed by atoms with Crippen LogP contribution in [0.25, 0.3) is 21.5 Å². The molecule has 0 N–H and O–H groups in total. The molecule has 0 aromatic heterocycles. The van der Waals surface area contributed by atoms with E-state index in [-0.39, 0.29) is 0 Å². The number of benzene rings is 3. The van der Waals surface area contributed by atoms with Crippen LogP contribution in [-0.4, -0.2) is 6.61 Å². The quantitative estimate of drug-likeness (QED) is 0.576. The lowest BCUT2D eigenvalue weighted by Crippen LogP contribution is -1.96. The molecule has 0 aliphatic rings. The zero-order valence-electron chi connectivity index (χ0n) is 10.8. The lowest BCUT2D eigenvalue weighted by atomic mass is 10.0. The predicted octanol–water partition coefficient (Wildman–Crippen LogP) is 5.44. The maximum atomic E-state index is 6.09. The highest BCUT2D eigenvalue weighted by Gasteiger charge is 2.08. The number of hydrogen-bond acceptors (Lipinski definition) is 1. The predicted molar refractivity (Wildman–Crippen MR) is 82.3 cm³/mol. The number of rotatable bonds is 3. The van der Waals surface area contributed by atoms with Gasteiger partial charge in [-0.15, -0.1) is 0 Å². The van der Waals surface area contributed by atoms with Crippen molar-refractivity contribution >= 4 is 33.1 Å². The summed E-state index contributed by atoms with van der Waals surface area (Å²) >= 11 is 6.09. The first-order chi connectivity index (χ1) is 9.29. The molecule has 0 fully saturated rings. The molecule has 0 radical (unpaired) electrons. The van der Waals surface area contributed by atoms with E-state index in [1.165, 1.54) is 5.39 Å². The van der Waals surface area contributed by atoms with Crippen molar-refractivity contribution in [2.75, 3.05) is 6.61 Å². The number of hydrogen-bond donors (Lipinski definition) is 0. The van der Waals surface area contributed by atoms with Gasteiger partial charge in [0.25, 0.3) is 0 Å². The number of halogens is 1. The van der Waals surface area contributed by atoms with E-state index >= 15 is 0 Å². The van der Waals surface area contributed by atoms with Gasteiger partial charge in [-0.2, -0.15) is 0 Å². The van der Waals surface area contributed by atoms with Crippen molar-refractivity contribution in [1.82, 2.24) is 0 Å². The lowest BCUT2D eigenvalue weighted by molar-refractivity contribution is 0.325. The minimum atomic E-state index is 0.728. The molecule has 96 valence electrons. The summed E-state index contributed by atoms with van der Waals surface area (Å²) in [6.45, 7) is 2.84. The van der Waals surface area contributed by atoms with Crippen LogP contribution in [0.5, 0.6) is 5.75 Å². The van der Waals surface area contributed by atoms with Crippen LogP contribution in [0, 0.1) is 0 Å². The zero-order chi connectivity index (χ0) is 13.2. The van der Waals surface area contributed by atoms with Gasteiger partial charge in [0.15, 0.2) is 0 Å². The zero-order valence-corrected chi connectivity index (χ0v) is 11.6. The van der Waals surface area contributed by atoms with Crippen LogP contribution in [0.4, 0.5) is 0 Å². The van der Waals surface area contributed by atoms with Crippen molar-refractivity contribution < 1.29 is 4.74 Å². The summed E-state index contributed by atoms with van der Waals surface area (Å²) in [5, 5.41) is 5.34. The minimum absolute atomic E-state index is 0.728. The van der Waals surface area contributed by atoms with E-state index in [1.807, 2.05) is 30.3 Å². The molecule has 2 heteroatoms. The molecule has 0 unspecified atom stereocenters. The van der Waals surface area contributed by atoms with Gasteiger partial charge in [0.2, 0.25) is 0 Å². The van der Waals surface area contributed by atoms with Gasteiger partial charge < -0.3 is 4.74 Å². The van der Waals surface area contributed by atoms with Gasteiger partial charge in [0.05, 0.1) is 6.61 Å². The van der Waals surface area contributed by atoms with E-state index < -0.39 is 0 Å². The van der Waals surface area contributed by atoms with Crippen LogP contribution in [0.15, 0.2) is 48.5 Å². The van der Waals surface area contributed by atoms with Crippen molar-refractivity contribution in [3.63, 3.8) is 0 Å². The fourth-order valence-corrected chi connectivity index (χ4v) is 2.54. The number of fused-ring (bicyclic) bond motifs is 2. The van der Waals surface area contributed by atoms with Crippen molar-refractivity contribution in [3.8, 4) is 5.75 Å². The van der Waals surface area contributed by atoms with Gasteiger partial charge in [-0.25, -0.2) is 0 Å². The highest BCUT2D eigenvalue weighted by Crippen LogP contribution is 2.36. The summed E-state index contributed by atoms with van der Waals surface area (Å²) in [6.07, 6.45) is 0.998. The molecule has 0 heterocycles. The highest BCUT2D eigenvalue weighted by molar-refractivity contribution is 6.31. The van der Waals surface area contributed by atoms with Crippen molar-refractivity contribution in [1.29, 1.82) is 0 Å². The average molecular weight is 271 g/mol. The molecule has 0 aliphatic carbocycles. The Bertz CT molecular complexity index is 734. The van der Waals surface area contributed by atoms with E-state index in [0.717, 1.165) is 40.0 Å². The molecule has 19 heavy (non-hydrogen) atoms. The summed E-state index contributed by atoms with van der Waals surface area (Å²) in [5.74, 6) is 0.964. The Hall–Kier alpha value is -1.73. The van der Waals surface area contributed by atoms with Crippen molar-refractivity contribution in [2.45, 2.75) is 13.3 Å². The van der Waals surface area contributed by atoms with E-state index in [1.54, 1.807) is 0 Å². The molecule has 3 aromatic rings. The average Bonchev–Trinajstić information content (AvgIpc) is 2.43. The number of ether oxygens (including phenoxy) is 1. The smallest absolute Gasteiger partial charge is 0.134 e. The Morgan fingerprint density at radius 1 is 0.947 bits per heavy atom. The maximum absolute atomic E-state index is 6.09. The standard InChI is InChI=1S/C17H15ClO/c1-2-9-19-17-15-6-4-3-5-12(15)10-13-11-14(18)7-8-16(13)17/h3-8,10-11H,2,9H2,1H3.